The number of ether oxygens (including phenoxy) is 1. The standard InChI is InChI=1S/C14H19N3O2S/c1-19-12-6-2-5-11(8-12)16-14(20)17-7-3-4-10(9-17)13(15)18/h2,5-6,8,10H,3-4,7,9H2,1H3,(H2,15,18)(H,16,20)/t10-/m1/s1. The number of nitrogens with zero attached hydrogens (tertiary/aromatic N) is 1. The van der Waals surface area contributed by atoms with Gasteiger partial charge < -0.3 is 20.7 Å². The number of nitrogens with two attached hydrogens (primary N) is 1. The number of hydrogen-bond donors (Lipinski definition) is 2. The predicted octanol–water partition coefficient (Wildman–Crippen LogP) is 1.59. The summed E-state index contributed by atoms with van der Waals surface area (Å²) < 4.78 is 5.17. The number of methoxy groups -OCH3 is 1. The van der Waals surface area contributed by atoms with Gasteiger partial charge >= 0.3 is 0 Å². The van der Waals surface area contributed by atoms with Crippen molar-refractivity contribution in [1.29, 1.82) is 0 Å². The van der Waals surface area contributed by atoms with Crippen LogP contribution in [0.3, 0.4) is 0 Å². The molecule has 1 aliphatic rings. The van der Waals surface area contributed by atoms with Crippen LogP contribution in [0.25, 0.3) is 0 Å². The number of likely N-dealkylation sites (tertiary alicyclic amines) is 1. The van der Waals surface area contributed by atoms with Gasteiger partial charge in [-0.05, 0) is 37.2 Å². The number of piperidine rings is 1. The van der Waals surface area contributed by atoms with E-state index in [9.17, 15) is 4.79 Å². The van der Waals surface area contributed by atoms with E-state index in [0.717, 1.165) is 30.8 Å². The van der Waals surface area contributed by atoms with Crippen LogP contribution in [0.2, 0.25) is 0 Å². The number of benzene rings is 1. The summed E-state index contributed by atoms with van der Waals surface area (Å²) >= 11 is 5.40. The first-order valence-electron chi connectivity index (χ1n) is 6.59. The van der Waals surface area contributed by atoms with E-state index in [1.165, 1.54) is 0 Å². The SMILES string of the molecule is COc1cccc(NC(=S)N2CCC[C@@H](C(N)=O)C2)c1. The predicted molar refractivity (Wildman–Crippen MR) is 82.7 cm³/mol. The number of rotatable bonds is 3. The molecule has 1 amide bonds. The zero-order chi connectivity index (χ0) is 14.5. The van der Waals surface area contributed by atoms with Gasteiger partial charge in [0.05, 0.1) is 13.0 Å². The third kappa shape index (κ3) is 3.60. The summed E-state index contributed by atoms with van der Waals surface area (Å²) in [4.78, 5) is 13.3. The quantitative estimate of drug-likeness (QED) is 0.828. The largest absolute Gasteiger partial charge is 0.497 e. The lowest BCUT2D eigenvalue weighted by Crippen LogP contribution is -2.45. The van der Waals surface area contributed by atoms with Crippen molar-refractivity contribution in [3.63, 3.8) is 0 Å². The van der Waals surface area contributed by atoms with Crippen LogP contribution < -0.4 is 15.8 Å². The molecule has 1 fully saturated rings. The molecule has 1 atom stereocenters. The van der Waals surface area contributed by atoms with E-state index >= 15 is 0 Å². The van der Waals surface area contributed by atoms with E-state index < -0.39 is 0 Å². The lowest BCUT2D eigenvalue weighted by atomic mass is 9.98. The molecule has 108 valence electrons. The highest BCUT2D eigenvalue weighted by atomic mass is 32.1. The van der Waals surface area contributed by atoms with Crippen molar-refractivity contribution in [2.45, 2.75) is 12.8 Å². The Morgan fingerprint density at radius 3 is 3.05 bits per heavy atom. The van der Waals surface area contributed by atoms with Crippen LogP contribution in [0.1, 0.15) is 12.8 Å². The molecular weight excluding hydrogens is 274 g/mol. The number of primary amides is 1. The molecule has 1 saturated heterocycles. The van der Waals surface area contributed by atoms with Crippen molar-refractivity contribution < 1.29 is 9.53 Å². The Hall–Kier alpha value is -1.82. The van der Waals surface area contributed by atoms with Crippen molar-refractivity contribution >= 4 is 28.9 Å². The van der Waals surface area contributed by atoms with Crippen molar-refractivity contribution in [2.75, 3.05) is 25.5 Å². The molecule has 1 aromatic carbocycles. The first-order chi connectivity index (χ1) is 9.60. The fraction of sp³-hybridized carbons (Fsp3) is 0.429. The van der Waals surface area contributed by atoms with Crippen LogP contribution in [0, 0.1) is 5.92 Å². The third-order valence-corrected chi connectivity index (χ3v) is 3.79. The zero-order valence-electron chi connectivity index (χ0n) is 11.5. The van der Waals surface area contributed by atoms with Gasteiger partial charge in [0.25, 0.3) is 0 Å². The number of carbonyl (C=O) groups is 1. The van der Waals surface area contributed by atoms with Gasteiger partial charge in [0.2, 0.25) is 5.91 Å². The van der Waals surface area contributed by atoms with E-state index in [1.807, 2.05) is 29.2 Å². The molecule has 0 aliphatic carbocycles. The molecule has 5 nitrogen and oxygen atoms in total. The van der Waals surface area contributed by atoms with Gasteiger partial charge in [-0.1, -0.05) is 6.07 Å². The van der Waals surface area contributed by atoms with E-state index in [2.05, 4.69) is 5.32 Å². The molecular formula is C14H19N3O2S. The topological polar surface area (TPSA) is 67.6 Å². The normalized spacial score (nSPS) is 18.4. The second-order valence-electron chi connectivity index (χ2n) is 4.85. The molecule has 0 saturated carbocycles. The maximum absolute atomic E-state index is 11.3. The first kappa shape index (κ1) is 14.6. The summed E-state index contributed by atoms with van der Waals surface area (Å²) in [5.41, 5.74) is 6.25. The highest BCUT2D eigenvalue weighted by Crippen LogP contribution is 2.20. The molecule has 0 radical (unpaired) electrons. The van der Waals surface area contributed by atoms with Crippen LogP contribution in [-0.2, 0) is 4.79 Å². The molecule has 0 aromatic heterocycles. The number of anilines is 1. The van der Waals surface area contributed by atoms with Crippen molar-refractivity contribution in [1.82, 2.24) is 4.90 Å². The Balaban J connectivity index is 1.98. The number of nitrogens with one attached hydrogen (secondary N) is 1. The van der Waals surface area contributed by atoms with Crippen molar-refractivity contribution in [3.8, 4) is 5.75 Å². The van der Waals surface area contributed by atoms with Gasteiger partial charge in [-0.3, -0.25) is 4.79 Å². The lowest BCUT2D eigenvalue weighted by molar-refractivity contribution is -0.122. The molecule has 6 heteroatoms. The van der Waals surface area contributed by atoms with E-state index in [-0.39, 0.29) is 11.8 Å². The molecule has 0 spiro atoms. The maximum Gasteiger partial charge on any atom is 0.222 e. The summed E-state index contributed by atoms with van der Waals surface area (Å²) in [5, 5.41) is 3.79. The maximum atomic E-state index is 11.3. The summed E-state index contributed by atoms with van der Waals surface area (Å²) in [6.07, 6.45) is 1.77. The summed E-state index contributed by atoms with van der Waals surface area (Å²) in [6.45, 7) is 1.44. The summed E-state index contributed by atoms with van der Waals surface area (Å²) in [7, 11) is 1.62. The van der Waals surface area contributed by atoms with Gasteiger partial charge in [-0.2, -0.15) is 0 Å². The van der Waals surface area contributed by atoms with Crippen molar-refractivity contribution in [3.05, 3.63) is 24.3 Å². The second-order valence-corrected chi connectivity index (χ2v) is 5.24. The molecule has 2 rings (SSSR count). The number of amides is 1. The van der Waals surface area contributed by atoms with Gasteiger partial charge in [0.15, 0.2) is 5.11 Å². The van der Waals surface area contributed by atoms with Crippen LogP contribution in [0.4, 0.5) is 5.69 Å². The van der Waals surface area contributed by atoms with E-state index in [4.69, 9.17) is 22.7 Å². The number of thiocarbonyl (C=S) groups is 1. The Morgan fingerprint density at radius 2 is 2.35 bits per heavy atom. The molecule has 1 heterocycles. The molecule has 1 aromatic rings. The zero-order valence-corrected chi connectivity index (χ0v) is 12.3. The average molecular weight is 293 g/mol. The van der Waals surface area contributed by atoms with Gasteiger partial charge in [0.1, 0.15) is 5.75 Å². The fourth-order valence-electron chi connectivity index (χ4n) is 2.30. The molecule has 1 aliphatic heterocycles. The second kappa shape index (κ2) is 6.56. The highest BCUT2D eigenvalue weighted by Gasteiger charge is 2.25. The smallest absolute Gasteiger partial charge is 0.222 e. The molecule has 0 unspecified atom stereocenters. The third-order valence-electron chi connectivity index (χ3n) is 3.43. The molecule has 0 bridgehead atoms. The first-order valence-corrected chi connectivity index (χ1v) is 7.00. The van der Waals surface area contributed by atoms with Gasteiger partial charge in [-0.15, -0.1) is 0 Å². The Bertz CT molecular complexity index is 507. The minimum Gasteiger partial charge on any atom is -0.497 e. The number of carbonyl (C=O) groups excluding carboxylic acids is 1. The van der Waals surface area contributed by atoms with Crippen molar-refractivity contribution in [2.24, 2.45) is 11.7 Å². The van der Waals surface area contributed by atoms with Crippen LogP contribution in [0.5, 0.6) is 5.75 Å². The Morgan fingerprint density at radius 1 is 1.55 bits per heavy atom. The lowest BCUT2D eigenvalue weighted by Gasteiger charge is -2.33. The number of hydrogen-bond acceptors (Lipinski definition) is 3. The van der Waals surface area contributed by atoms with Crippen LogP contribution in [0.15, 0.2) is 24.3 Å². The van der Waals surface area contributed by atoms with Gasteiger partial charge in [-0.25, -0.2) is 0 Å². The highest BCUT2D eigenvalue weighted by molar-refractivity contribution is 7.80. The summed E-state index contributed by atoms with van der Waals surface area (Å²) in [6, 6.07) is 7.57. The van der Waals surface area contributed by atoms with Crippen LogP contribution >= 0.6 is 12.2 Å². The van der Waals surface area contributed by atoms with Crippen LogP contribution in [-0.4, -0.2) is 36.1 Å². The van der Waals surface area contributed by atoms with E-state index in [1.54, 1.807) is 7.11 Å². The Labute approximate surface area is 124 Å². The minimum atomic E-state index is -0.251. The molecule has 3 N–H and O–H groups in total. The minimum absolute atomic E-state index is 0.117. The monoisotopic (exact) mass is 293 g/mol. The fourth-order valence-corrected chi connectivity index (χ4v) is 2.58. The van der Waals surface area contributed by atoms with Gasteiger partial charge in [0, 0.05) is 24.8 Å². The Kier molecular flexibility index (Phi) is 4.79. The van der Waals surface area contributed by atoms with E-state index in [0.29, 0.717) is 11.7 Å². The summed E-state index contributed by atoms with van der Waals surface area (Å²) in [5.74, 6) is 0.402. The average Bonchev–Trinajstić information content (AvgIpc) is 2.47. The molecule has 20 heavy (non-hydrogen) atoms.